The third-order valence-corrected chi connectivity index (χ3v) is 6.40. The highest BCUT2D eigenvalue weighted by atomic mass is 35.5. The lowest BCUT2D eigenvalue weighted by Crippen LogP contribution is -2.38. The molecule has 2 aromatic carbocycles. The predicted octanol–water partition coefficient (Wildman–Crippen LogP) is 5.21. The summed E-state index contributed by atoms with van der Waals surface area (Å²) in [5.74, 6) is 0.640. The number of pyridine rings is 1. The summed E-state index contributed by atoms with van der Waals surface area (Å²) in [5.41, 5.74) is 7.71. The highest BCUT2D eigenvalue weighted by molar-refractivity contribution is 6.32. The predicted molar refractivity (Wildman–Crippen MR) is 114 cm³/mol. The van der Waals surface area contributed by atoms with E-state index in [1.807, 2.05) is 30.3 Å². The summed E-state index contributed by atoms with van der Waals surface area (Å²) in [4.78, 5) is 14.6. The molecule has 0 bridgehead atoms. The van der Waals surface area contributed by atoms with Gasteiger partial charge >= 0.3 is 0 Å². The van der Waals surface area contributed by atoms with Gasteiger partial charge in [-0.05, 0) is 60.2 Å². The minimum Gasteiger partial charge on any atom is -0.489 e. The van der Waals surface area contributed by atoms with Crippen LogP contribution in [0.2, 0.25) is 5.02 Å². The first-order valence-corrected chi connectivity index (χ1v) is 10.1. The second kappa shape index (κ2) is 7.61. The van der Waals surface area contributed by atoms with E-state index in [1.54, 1.807) is 12.3 Å². The number of ether oxygens (including phenoxy) is 1. The number of nitrogens with one attached hydrogen (secondary N) is 1. The number of nitrogens with two attached hydrogens (primary N) is 1. The molecule has 1 heterocycles. The van der Waals surface area contributed by atoms with E-state index in [0.29, 0.717) is 16.2 Å². The molecule has 146 valence electrons. The molecule has 3 aromatic rings. The second-order valence-corrected chi connectivity index (χ2v) is 8.44. The average Bonchev–Trinajstić information content (AvgIpc) is 2.71. The Morgan fingerprint density at radius 2 is 1.89 bits per heavy atom. The highest BCUT2D eigenvalue weighted by Gasteiger charge is 2.37. The molecule has 4 rings (SSSR count). The molecule has 0 radical (unpaired) electrons. The van der Waals surface area contributed by atoms with Gasteiger partial charge in [-0.2, -0.15) is 0 Å². The van der Waals surface area contributed by atoms with E-state index in [0.717, 1.165) is 31.1 Å². The van der Waals surface area contributed by atoms with Gasteiger partial charge in [-0.15, -0.1) is 0 Å². The van der Waals surface area contributed by atoms with E-state index in [2.05, 4.69) is 24.0 Å². The molecule has 28 heavy (non-hydrogen) atoms. The van der Waals surface area contributed by atoms with Crippen molar-refractivity contribution in [3.8, 4) is 5.75 Å². The van der Waals surface area contributed by atoms with E-state index < -0.39 is 0 Å². The summed E-state index contributed by atoms with van der Waals surface area (Å²) in [7, 11) is 0. The third kappa shape index (κ3) is 3.67. The number of hydrogen-bond donors (Lipinski definition) is 2. The first-order valence-electron chi connectivity index (χ1n) is 9.74. The lowest BCUT2D eigenvalue weighted by molar-refractivity contribution is 0.0728. The molecule has 1 aliphatic carbocycles. The third-order valence-electron chi connectivity index (χ3n) is 6.10. The standard InChI is InChI=1S/C23H25ClN2O2/c1-23(21(25)15-5-3-2-4-6-15)10-7-17(8-11-23)28-20-13-16-9-12-26-22(27)18(16)14-19(20)24/h2-6,9,12-14,17,21H,7-8,10-11,25H2,1H3,(H,26,27). The van der Waals surface area contributed by atoms with Gasteiger partial charge < -0.3 is 15.5 Å². The van der Waals surface area contributed by atoms with Crippen molar-refractivity contribution >= 4 is 22.4 Å². The Kier molecular flexibility index (Phi) is 5.17. The topological polar surface area (TPSA) is 68.1 Å². The summed E-state index contributed by atoms with van der Waals surface area (Å²) in [5, 5.41) is 1.87. The first-order chi connectivity index (χ1) is 13.5. The number of rotatable bonds is 4. The molecule has 1 atom stereocenters. The molecule has 1 aliphatic rings. The van der Waals surface area contributed by atoms with Gasteiger partial charge in [-0.3, -0.25) is 4.79 Å². The monoisotopic (exact) mass is 396 g/mol. The van der Waals surface area contributed by atoms with Gasteiger partial charge in [0.2, 0.25) is 0 Å². The van der Waals surface area contributed by atoms with Crippen molar-refractivity contribution in [3.05, 3.63) is 75.7 Å². The van der Waals surface area contributed by atoms with Crippen molar-refractivity contribution in [2.75, 3.05) is 0 Å². The summed E-state index contributed by atoms with van der Waals surface area (Å²) in [6.07, 6.45) is 5.60. The summed E-state index contributed by atoms with van der Waals surface area (Å²) < 4.78 is 6.23. The molecule has 0 aliphatic heterocycles. The largest absolute Gasteiger partial charge is 0.489 e. The first kappa shape index (κ1) is 19.0. The number of aromatic nitrogens is 1. The Morgan fingerprint density at radius 1 is 1.18 bits per heavy atom. The zero-order chi connectivity index (χ0) is 19.7. The lowest BCUT2D eigenvalue weighted by Gasteiger charge is -2.41. The van der Waals surface area contributed by atoms with Crippen LogP contribution in [-0.4, -0.2) is 11.1 Å². The second-order valence-electron chi connectivity index (χ2n) is 8.04. The molecule has 4 nitrogen and oxygen atoms in total. The molecular formula is C23H25ClN2O2. The SMILES string of the molecule is CC1(C(N)c2ccccc2)CCC(Oc2cc3cc[nH]c(=O)c3cc2Cl)CC1. The van der Waals surface area contributed by atoms with Gasteiger partial charge in [0.1, 0.15) is 5.75 Å². The number of H-pyrrole nitrogens is 1. The molecule has 1 aromatic heterocycles. The van der Waals surface area contributed by atoms with E-state index in [9.17, 15) is 4.79 Å². The van der Waals surface area contributed by atoms with Crippen LogP contribution in [0.5, 0.6) is 5.75 Å². The molecule has 3 N–H and O–H groups in total. The maximum atomic E-state index is 11.9. The minimum atomic E-state index is -0.144. The maximum absolute atomic E-state index is 11.9. The van der Waals surface area contributed by atoms with Crippen molar-refractivity contribution in [2.24, 2.45) is 11.1 Å². The highest BCUT2D eigenvalue weighted by Crippen LogP contribution is 2.45. The molecule has 1 fully saturated rings. The van der Waals surface area contributed by atoms with Gasteiger partial charge in [0.15, 0.2) is 0 Å². The molecular weight excluding hydrogens is 372 g/mol. The van der Waals surface area contributed by atoms with Crippen LogP contribution >= 0.6 is 11.6 Å². The Labute approximate surface area is 169 Å². The van der Waals surface area contributed by atoms with Crippen LogP contribution in [0.3, 0.4) is 0 Å². The van der Waals surface area contributed by atoms with Gasteiger partial charge in [0.25, 0.3) is 5.56 Å². The molecule has 0 spiro atoms. The lowest BCUT2D eigenvalue weighted by atomic mass is 9.68. The summed E-state index contributed by atoms with van der Waals surface area (Å²) in [6, 6.07) is 15.7. The van der Waals surface area contributed by atoms with Crippen LogP contribution in [0.15, 0.2) is 59.5 Å². The van der Waals surface area contributed by atoms with E-state index >= 15 is 0 Å². The van der Waals surface area contributed by atoms with Crippen LogP contribution in [0.25, 0.3) is 10.8 Å². The van der Waals surface area contributed by atoms with E-state index in [4.69, 9.17) is 22.1 Å². The quantitative estimate of drug-likeness (QED) is 0.636. The van der Waals surface area contributed by atoms with Crippen molar-refractivity contribution in [1.82, 2.24) is 4.98 Å². The van der Waals surface area contributed by atoms with Crippen molar-refractivity contribution < 1.29 is 4.74 Å². The van der Waals surface area contributed by atoms with Gasteiger partial charge in [-0.25, -0.2) is 0 Å². The van der Waals surface area contributed by atoms with Gasteiger partial charge in [0, 0.05) is 17.6 Å². The number of aromatic amines is 1. The summed E-state index contributed by atoms with van der Waals surface area (Å²) >= 11 is 6.38. The fourth-order valence-electron chi connectivity index (χ4n) is 4.20. The molecule has 0 amide bonds. The number of fused-ring (bicyclic) bond motifs is 1. The van der Waals surface area contributed by atoms with E-state index in [1.165, 1.54) is 5.56 Å². The van der Waals surface area contributed by atoms with Crippen molar-refractivity contribution in [1.29, 1.82) is 0 Å². The number of halogens is 1. The number of benzene rings is 2. The average molecular weight is 397 g/mol. The van der Waals surface area contributed by atoms with Crippen LogP contribution in [0.4, 0.5) is 0 Å². The normalized spacial score (nSPS) is 23.5. The zero-order valence-corrected chi connectivity index (χ0v) is 16.7. The molecule has 0 saturated heterocycles. The fourth-order valence-corrected chi connectivity index (χ4v) is 4.41. The Bertz CT molecular complexity index is 1020. The molecule has 1 unspecified atom stereocenters. The van der Waals surface area contributed by atoms with Gasteiger partial charge in [0.05, 0.1) is 11.1 Å². The van der Waals surface area contributed by atoms with Crippen LogP contribution < -0.4 is 16.0 Å². The van der Waals surface area contributed by atoms with Crippen LogP contribution in [-0.2, 0) is 0 Å². The fraction of sp³-hybridized carbons (Fsp3) is 0.348. The maximum Gasteiger partial charge on any atom is 0.255 e. The van der Waals surface area contributed by atoms with Crippen LogP contribution in [0, 0.1) is 5.41 Å². The Morgan fingerprint density at radius 3 is 2.61 bits per heavy atom. The van der Waals surface area contributed by atoms with Gasteiger partial charge in [-0.1, -0.05) is 48.9 Å². The Balaban J connectivity index is 1.47. The Hall–Kier alpha value is -2.30. The van der Waals surface area contributed by atoms with Crippen molar-refractivity contribution in [2.45, 2.75) is 44.8 Å². The number of hydrogen-bond acceptors (Lipinski definition) is 3. The molecule has 5 heteroatoms. The minimum absolute atomic E-state index is 0.0191. The molecule has 1 saturated carbocycles. The zero-order valence-electron chi connectivity index (χ0n) is 16.0. The smallest absolute Gasteiger partial charge is 0.255 e. The van der Waals surface area contributed by atoms with E-state index in [-0.39, 0.29) is 23.1 Å². The van der Waals surface area contributed by atoms with Crippen molar-refractivity contribution in [3.63, 3.8) is 0 Å². The van der Waals surface area contributed by atoms with Crippen LogP contribution in [0.1, 0.15) is 44.2 Å². The summed E-state index contributed by atoms with van der Waals surface area (Å²) in [6.45, 7) is 2.27.